The van der Waals surface area contributed by atoms with Gasteiger partial charge in [-0.05, 0) is 45.7 Å². The van der Waals surface area contributed by atoms with E-state index >= 15 is 0 Å². The van der Waals surface area contributed by atoms with Crippen LogP contribution in [-0.4, -0.2) is 60.1 Å². The first-order chi connectivity index (χ1) is 12.2. The van der Waals surface area contributed by atoms with Gasteiger partial charge in [-0.1, -0.05) is 6.07 Å². The first-order valence-corrected chi connectivity index (χ1v) is 8.60. The van der Waals surface area contributed by atoms with Crippen molar-refractivity contribution in [1.82, 2.24) is 10.3 Å². The zero-order valence-corrected chi connectivity index (χ0v) is 15.7. The maximum absolute atomic E-state index is 12.2. The van der Waals surface area contributed by atoms with Gasteiger partial charge in [-0.3, -0.25) is 0 Å². The Morgan fingerprint density at radius 3 is 2.73 bits per heavy atom. The van der Waals surface area contributed by atoms with Gasteiger partial charge in [0, 0.05) is 13.1 Å². The van der Waals surface area contributed by atoms with Crippen molar-refractivity contribution in [3.63, 3.8) is 0 Å². The number of esters is 1. The molecule has 0 radical (unpaired) electrons. The van der Waals surface area contributed by atoms with Crippen molar-refractivity contribution in [3.05, 3.63) is 23.9 Å². The monoisotopic (exact) mass is 365 g/mol. The number of ether oxygens (including phenoxy) is 2. The van der Waals surface area contributed by atoms with Gasteiger partial charge >= 0.3 is 12.1 Å². The Morgan fingerprint density at radius 2 is 2.12 bits per heavy atom. The van der Waals surface area contributed by atoms with Crippen LogP contribution >= 0.6 is 0 Å². The number of hydrogen-bond donors (Lipinski definition) is 2. The largest absolute Gasteiger partial charge is 0.464 e. The van der Waals surface area contributed by atoms with Crippen molar-refractivity contribution in [2.45, 2.75) is 44.8 Å². The molecule has 2 rings (SSSR count). The zero-order valence-electron chi connectivity index (χ0n) is 15.7. The standard InChI is InChI=1S/C18H27N3O5/c1-17(2,3)26-16(24)20-18(12-22)9-6-10-21(11-18)14-8-5-7-13(19-14)15(23)25-4/h5,7-8,22H,6,9-12H2,1-4H3,(H,20,24). The summed E-state index contributed by atoms with van der Waals surface area (Å²) in [7, 11) is 1.30. The van der Waals surface area contributed by atoms with E-state index in [-0.39, 0.29) is 12.3 Å². The smallest absolute Gasteiger partial charge is 0.408 e. The number of pyridine rings is 1. The molecule has 144 valence electrons. The molecule has 1 aliphatic rings. The van der Waals surface area contributed by atoms with Crippen LogP contribution in [-0.2, 0) is 9.47 Å². The van der Waals surface area contributed by atoms with E-state index in [0.717, 1.165) is 6.42 Å². The number of carbonyl (C=O) groups excluding carboxylic acids is 2. The van der Waals surface area contributed by atoms with Crippen LogP contribution in [0.1, 0.15) is 44.1 Å². The molecule has 1 aliphatic heterocycles. The van der Waals surface area contributed by atoms with E-state index in [0.29, 0.717) is 25.3 Å². The van der Waals surface area contributed by atoms with Gasteiger partial charge in [-0.15, -0.1) is 0 Å². The Bertz CT molecular complexity index is 658. The Morgan fingerprint density at radius 1 is 1.38 bits per heavy atom. The molecular formula is C18H27N3O5. The highest BCUT2D eigenvalue weighted by Gasteiger charge is 2.38. The predicted octanol–water partition coefficient (Wildman–Crippen LogP) is 1.72. The number of aliphatic hydroxyl groups is 1. The average molecular weight is 365 g/mol. The summed E-state index contributed by atoms with van der Waals surface area (Å²) < 4.78 is 10.0. The summed E-state index contributed by atoms with van der Waals surface area (Å²) in [5.74, 6) is 0.0839. The molecular weight excluding hydrogens is 338 g/mol. The summed E-state index contributed by atoms with van der Waals surface area (Å²) in [5, 5.41) is 12.8. The first kappa shape index (κ1) is 20.0. The van der Waals surface area contributed by atoms with E-state index in [2.05, 4.69) is 10.3 Å². The molecule has 0 saturated carbocycles. The van der Waals surface area contributed by atoms with Crippen LogP contribution in [0.15, 0.2) is 18.2 Å². The van der Waals surface area contributed by atoms with Crippen molar-refractivity contribution in [3.8, 4) is 0 Å². The summed E-state index contributed by atoms with van der Waals surface area (Å²) in [6.07, 6.45) is 0.806. The lowest BCUT2D eigenvalue weighted by Crippen LogP contribution is -2.61. The molecule has 8 heteroatoms. The van der Waals surface area contributed by atoms with Crippen LogP contribution in [0.4, 0.5) is 10.6 Å². The molecule has 2 heterocycles. The van der Waals surface area contributed by atoms with E-state index in [4.69, 9.17) is 9.47 Å². The normalized spacial score (nSPS) is 20.4. The number of methoxy groups -OCH3 is 1. The molecule has 1 fully saturated rings. The highest BCUT2D eigenvalue weighted by atomic mass is 16.6. The molecule has 2 N–H and O–H groups in total. The fourth-order valence-electron chi connectivity index (χ4n) is 2.94. The van der Waals surface area contributed by atoms with E-state index < -0.39 is 23.2 Å². The topological polar surface area (TPSA) is 101 Å². The number of aliphatic hydroxyl groups excluding tert-OH is 1. The third kappa shape index (κ3) is 5.08. The minimum atomic E-state index is -0.830. The molecule has 1 amide bonds. The molecule has 0 aromatic carbocycles. The molecule has 1 unspecified atom stereocenters. The molecule has 1 atom stereocenters. The second-order valence-electron chi connectivity index (χ2n) is 7.46. The third-order valence-electron chi connectivity index (χ3n) is 4.10. The van der Waals surface area contributed by atoms with E-state index in [1.165, 1.54) is 7.11 Å². The minimum Gasteiger partial charge on any atom is -0.464 e. The molecule has 8 nitrogen and oxygen atoms in total. The number of aromatic nitrogens is 1. The molecule has 0 spiro atoms. The van der Waals surface area contributed by atoms with Crippen LogP contribution < -0.4 is 10.2 Å². The van der Waals surface area contributed by atoms with E-state index in [1.807, 2.05) is 4.90 Å². The number of nitrogens with one attached hydrogen (secondary N) is 1. The number of hydrogen-bond acceptors (Lipinski definition) is 7. The molecule has 1 aromatic heterocycles. The lowest BCUT2D eigenvalue weighted by atomic mass is 9.90. The summed E-state index contributed by atoms with van der Waals surface area (Å²) in [6, 6.07) is 5.09. The first-order valence-electron chi connectivity index (χ1n) is 8.60. The van der Waals surface area contributed by atoms with Crippen molar-refractivity contribution in [1.29, 1.82) is 0 Å². The number of piperidine rings is 1. The Labute approximate surface area is 153 Å². The quantitative estimate of drug-likeness (QED) is 0.784. The number of amides is 1. The molecule has 0 aliphatic carbocycles. The Kier molecular flexibility index (Phi) is 6.07. The summed E-state index contributed by atoms with van der Waals surface area (Å²) >= 11 is 0. The summed E-state index contributed by atoms with van der Waals surface area (Å²) in [4.78, 5) is 30.1. The highest BCUT2D eigenvalue weighted by molar-refractivity contribution is 5.87. The molecule has 0 bridgehead atoms. The van der Waals surface area contributed by atoms with Crippen LogP contribution in [0.2, 0.25) is 0 Å². The minimum absolute atomic E-state index is 0.213. The van der Waals surface area contributed by atoms with Crippen molar-refractivity contribution < 1.29 is 24.2 Å². The lowest BCUT2D eigenvalue weighted by molar-refractivity contribution is 0.0377. The van der Waals surface area contributed by atoms with Gasteiger partial charge in [-0.25, -0.2) is 14.6 Å². The van der Waals surface area contributed by atoms with E-state index in [9.17, 15) is 14.7 Å². The van der Waals surface area contributed by atoms with Crippen LogP contribution in [0.3, 0.4) is 0 Å². The number of carbonyl (C=O) groups is 2. The predicted molar refractivity (Wildman–Crippen MR) is 96.2 cm³/mol. The number of rotatable bonds is 4. The second-order valence-corrected chi connectivity index (χ2v) is 7.46. The summed E-state index contributed by atoms with van der Waals surface area (Å²) in [5.41, 5.74) is -1.24. The van der Waals surface area contributed by atoms with Gasteiger partial charge in [0.1, 0.15) is 11.4 Å². The van der Waals surface area contributed by atoms with Gasteiger partial charge < -0.3 is 24.8 Å². The second kappa shape index (κ2) is 7.90. The van der Waals surface area contributed by atoms with Gasteiger partial charge in [0.05, 0.1) is 19.3 Å². The number of alkyl carbamates (subject to hydrolysis) is 1. The maximum atomic E-state index is 12.2. The SMILES string of the molecule is COC(=O)c1cccc(N2CCCC(CO)(NC(=O)OC(C)(C)C)C2)n1. The molecule has 1 aromatic rings. The third-order valence-corrected chi connectivity index (χ3v) is 4.10. The Hall–Kier alpha value is -2.35. The van der Waals surface area contributed by atoms with Crippen molar-refractivity contribution >= 4 is 17.9 Å². The maximum Gasteiger partial charge on any atom is 0.408 e. The highest BCUT2D eigenvalue weighted by Crippen LogP contribution is 2.25. The molecule has 1 saturated heterocycles. The van der Waals surface area contributed by atoms with Gasteiger partial charge in [0.2, 0.25) is 0 Å². The van der Waals surface area contributed by atoms with E-state index in [1.54, 1.807) is 39.0 Å². The number of anilines is 1. The van der Waals surface area contributed by atoms with Crippen molar-refractivity contribution in [2.24, 2.45) is 0 Å². The molecule has 26 heavy (non-hydrogen) atoms. The van der Waals surface area contributed by atoms with Crippen molar-refractivity contribution in [2.75, 3.05) is 31.7 Å². The van der Waals surface area contributed by atoms with Crippen LogP contribution in [0.5, 0.6) is 0 Å². The van der Waals surface area contributed by atoms with Gasteiger partial charge in [0.15, 0.2) is 5.69 Å². The van der Waals surface area contributed by atoms with Crippen LogP contribution in [0.25, 0.3) is 0 Å². The van der Waals surface area contributed by atoms with Gasteiger partial charge in [0.25, 0.3) is 0 Å². The van der Waals surface area contributed by atoms with Gasteiger partial charge in [-0.2, -0.15) is 0 Å². The lowest BCUT2D eigenvalue weighted by Gasteiger charge is -2.42. The fraction of sp³-hybridized carbons (Fsp3) is 0.611. The Balaban J connectivity index is 2.16. The average Bonchev–Trinajstić information content (AvgIpc) is 2.59. The zero-order chi connectivity index (χ0) is 19.4. The fourth-order valence-corrected chi connectivity index (χ4v) is 2.94. The summed E-state index contributed by atoms with van der Waals surface area (Å²) in [6.45, 7) is 6.20. The van der Waals surface area contributed by atoms with Crippen LogP contribution in [0, 0.1) is 0 Å². The number of nitrogens with zero attached hydrogens (tertiary/aromatic N) is 2.